The summed E-state index contributed by atoms with van der Waals surface area (Å²) in [6.07, 6.45) is 4.08. The normalized spacial score (nSPS) is 42.0. The van der Waals surface area contributed by atoms with Gasteiger partial charge in [0, 0.05) is 17.6 Å². The Labute approximate surface area is 139 Å². The van der Waals surface area contributed by atoms with E-state index in [1.165, 1.54) is 0 Å². The van der Waals surface area contributed by atoms with Crippen molar-refractivity contribution in [1.82, 2.24) is 0 Å². The molecular formula is C16H24F2O4S. The summed E-state index contributed by atoms with van der Waals surface area (Å²) >= 11 is 0.289. The van der Waals surface area contributed by atoms with Gasteiger partial charge in [0.1, 0.15) is 0 Å². The molecule has 0 aromatic heterocycles. The molecule has 4 atom stereocenters. The van der Waals surface area contributed by atoms with E-state index in [0.717, 1.165) is 32.1 Å². The summed E-state index contributed by atoms with van der Waals surface area (Å²) in [4.78, 5) is 11.7. The number of aliphatic hydroxyl groups is 1. The molecule has 0 saturated heterocycles. The Morgan fingerprint density at radius 1 is 1.30 bits per heavy atom. The first-order valence-corrected chi connectivity index (χ1v) is 9.08. The van der Waals surface area contributed by atoms with Crippen molar-refractivity contribution >= 4 is 18.0 Å². The maximum atomic E-state index is 13.7. The Balaban J connectivity index is 1.65. The molecule has 0 aromatic carbocycles. The van der Waals surface area contributed by atoms with Crippen LogP contribution in [0, 0.1) is 16.7 Å². The topological polar surface area (TPSA) is 66.8 Å². The molecule has 132 valence electrons. The van der Waals surface area contributed by atoms with Crippen molar-refractivity contribution in [3.05, 3.63) is 0 Å². The van der Waals surface area contributed by atoms with E-state index in [0.29, 0.717) is 12.3 Å². The van der Waals surface area contributed by atoms with Gasteiger partial charge in [-0.25, -0.2) is 4.79 Å². The molecule has 4 aliphatic rings. The quantitative estimate of drug-likeness (QED) is 0.567. The van der Waals surface area contributed by atoms with Gasteiger partial charge in [-0.3, -0.25) is 0 Å². The van der Waals surface area contributed by atoms with Gasteiger partial charge in [0.25, 0.3) is 0 Å². The number of esters is 1. The summed E-state index contributed by atoms with van der Waals surface area (Å²) < 4.78 is 40.9. The Kier molecular flexibility index (Phi) is 4.21. The second-order valence-corrected chi connectivity index (χ2v) is 9.07. The number of hydrogen-bond acceptors (Lipinski definition) is 5. The van der Waals surface area contributed by atoms with Gasteiger partial charge in [0.15, 0.2) is 0 Å². The average Bonchev–Trinajstić information content (AvgIpc) is 2.38. The van der Waals surface area contributed by atoms with E-state index in [1.54, 1.807) is 0 Å². The van der Waals surface area contributed by atoms with Crippen LogP contribution in [0.5, 0.6) is 0 Å². The average molecular weight is 350 g/mol. The van der Waals surface area contributed by atoms with Gasteiger partial charge in [-0.2, -0.15) is 8.78 Å². The first-order chi connectivity index (χ1) is 10.6. The van der Waals surface area contributed by atoms with Crippen molar-refractivity contribution in [2.45, 2.75) is 63.4 Å². The summed E-state index contributed by atoms with van der Waals surface area (Å²) in [5, 5.41) is 10.8. The predicted molar refractivity (Wildman–Crippen MR) is 82.3 cm³/mol. The van der Waals surface area contributed by atoms with Crippen LogP contribution >= 0.6 is 12.0 Å². The van der Waals surface area contributed by atoms with Gasteiger partial charge < -0.3 is 14.4 Å². The van der Waals surface area contributed by atoms with Crippen molar-refractivity contribution in [1.29, 1.82) is 0 Å². The predicted octanol–water partition coefficient (Wildman–Crippen LogP) is 3.48. The molecule has 0 radical (unpaired) electrons. The molecule has 0 amide bonds. The molecule has 0 aliphatic heterocycles. The summed E-state index contributed by atoms with van der Waals surface area (Å²) in [5.41, 5.74) is -1.06. The van der Waals surface area contributed by atoms with Crippen LogP contribution in [-0.2, 0) is 9.53 Å². The standard InChI is InChI=1S/C16H24F2O4S/c1-13-4-11-5-14(7-13,9-15(20,6-11)8-13)10-22-12(19)16(17,18)2-3-23-21/h11,20-21H,2-10H2,1H3. The van der Waals surface area contributed by atoms with Crippen molar-refractivity contribution in [3.8, 4) is 0 Å². The first-order valence-electron chi connectivity index (χ1n) is 8.13. The van der Waals surface area contributed by atoms with Gasteiger partial charge in [0.05, 0.1) is 12.2 Å². The molecule has 4 saturated carbocycles. The van der Waals surface area contributed by atoms with Gasteiger partial charge in [-0.05, 0) is 61.9 Å². The largest absolute Gasteiger partial charge is 0.461 e. The SMILES string of the molecule is CC12CC3CC(O)(C1)CC(COC(=O)C(F)(F)CCSO)(C3)C2. The van der Waals surface area contributed by atoms with Gasteiger partial charge >= 0.3 is 11.9 Å². The zero-order valence-corrected chi connectivity index (χ0v) is 14.1. The highest BCUT2D eigenvalue weighted by Crippen LogP contribution is 2.66. The van der Waals surface area contributed by atoms with E-state index in [4.69, 9.17) is 9.29 Å². The summed E-state index contributed by atoms with van der Waals surface area (Å²) in [5.74, 6) is -4.91. The molecule has 2 N–H and O–H groups in total. The van der Waals surface area contributed by atoms with Crippen molar-refractivity contribution in [2.24, 2.45) is 16.7 Å². The van der Waals surface area contributed by atoms with E-state index in [-0.39, 0.29) is 35.2 Å². The van der Waals surface area contributed by atoms with E-state index < -0.39 is 23.9 Å². The second kappa shape index (κ2) is 5.56. The number of ether oxygens (including phenoxy) is 1. The highest BCUT2D eigenvalue weighted by molar-refractivity contribution is 7.93. The highest BCUT2D eigenvalue weighted by atomic mass is 32.2. The monoisotopic (exact) mass is 350 g/mol. The van der Waals surface area contributed by atoms with E-state index in [1.807, 2.05) is 0 Å². The fourth-order valence-electron chi connectivity index (χ4n) is 5.84. The number of carbonyl (C=O) groups is 1. The number of alkyl halides is 2. The fourth-order valence-corrected chi connectivity index (χ4v) is 6.19. The van der Waals surface area contributed by atoms with Gasteiger partial charge in [0.2, 0.25) is 0 Å². The zero-order valence-electron chi connectivity index (χ0n) is 13.3. The third-order valence-corrected chi connectivity index (χ3v) is 6.14. The Bertz CT molecular complexity index is 480. The van der Waals surface area contributed by atoms with Crippen molar-refractivity contribution in [3.63, 3.8) is 0 Å². The fraction of sp³-hybridized carbons (Fsp3) is 0.938. The van der Waals surface area contributed by atoms with E-state index in [2.05, 4.69) is 6.92 Å². The second-order valence-electron chi connectivity index (χ2n) is 8.41. The minimum atomic E-state index is -3.57. The van der Waals surface area contributed by atoms with Crippen LogP contribution in [-0.4, -0.2) is 39.5 Å². The van der Waals surface area contributed by atoms with Crippen LogP contribution in [0.2, 0.25) is 0 Å². The smallest absolute Gasteiger partial charge is 0.377 e. The number of halogens is 2. The third-order valence-electron chi connectivity index (χ3n) is 5.75. The lowest BCUT2D eigenvalue weighted by molar-refractivity contribution is -0.216. The molecule has 0 aromatic rings. The summed E-state index contributed by atoms with van der Waals surface area (Å²) in [6.45, 7) is 2.11. The van der Waals surface area contributed by atoms with Crippen LogP contribution < -0.4 is 0 Å². The lowest BCUT2D eigenvalue weighted by atomic mass is 9.43. The van der Waals surface area contributed by atoms with Crippen LogP contribution in [0.1, 0.15) is 51.9 Å². The van der Waals surface area contributed by atoms with E-state index in [9.17, 15) is 18.7 Å². The zero-order chi connectivity index (χ0) is 16.9. The minimum Gasteiger partial charge on any atom is -0.461 e. The van der Waals surface area contributed by atoms with Gasteiger partial charge in [-0.15, -0.1) is 0 Å². The van der Waals surface area contributed by atoms with Crippen LogP contribution in [0.25, 0.3) is 0 Å². The van der Waals surface area contributed by atoms with Crippen molar-refractivity contribution in [2.75, 3.05) is 12.4 Å². The number of carbonyl (C=O) groups excluding carboxylic acids is 1. The molecule has 4 unspecified atom stereocenters. The maximum absolute atomic E-state index is 13.7. The van der Waals surface area contributed by atoms with Crippen molar-refractivity contribution < 1.29 is 28.0 Å². The molecule has 0 heterocycles. The Hall–Kier alpha value is -0.400. The molecule has 4 rings (SSSR count). The summed E-state index contributed by atoms with van der Waals surface area (Å²) in [6, 6.07) is 0. The lowest BCUT2D eigenvalue weighted by Gasteiger charge is -2.64. The molecular weight excluding hydrogens is 326 g/mol. The summed E-state index contributed by atoms with van der Waals surface area (Å²) in [7, 11) is 0. The maximum Gasteiger partial charge on any atom is 0.377 e. The molecule has 4 fully saturated rings. The molecule has 23 heavy (non-hydrogen) atoms. The first kappa shape index (κ1) is 17.4. The van der Waals surface area contributed by atoms with E-state index >= 15 is 0 Å². The Morgan fingerprint density at radius 3 is 2.65 bits per heavy atom. The highest BCUT2D eigenvalue weighted by Gasteiger charge is 2.62. The molecule has 4 nitrogen and oxygen atoms in total. The van der Waals surface area contributed by atoms with Gasteiger partial charge in [-0.1, -0.05) is 6.92 Å². The van der Waals surface area contributed by atoms with Crippen LogP contribution in [0.3, 0.4) is 0 Å². The number of hydrogen-bond donors (Lipinski definition) is 2. The third kappa shape index (κ3) is 3.37. The molecule has 7 heteroatoms. The lowest BCUT2D eigenvalue weighted by Crippen LogP contribution is -2.60. The molecule has 4 bridgehead atoms. The molecule has 0 spiro atoms. The minimum absolute atomic E-state index is 0.0244. The number of rotatable bonds is 6. The Morgan fingerprint density at radius 2 is 2.04 bits per heavy atom. The molecule has 4 aliphatic carbocycles. The van der Waals surface area contributed by atoms with Crippen LogP contribution in [0.4, 0.5) is 8.78 Å². The van der Waals surface area contributed by atoms with Crippen LogP contribution in [0.15, 0.2) is 0 Å².